The second-order valence-corrected chi connectivity index (χ2v) is 4.21. The van der Waals surface area contributed by atoms with E-state index >= 15 is 0 Å². The number of hydrogen-bond donors (Lipinski definition) is 4. The molecule has 0 unspecified atom stereocenters. The molecular formula is C12H8ClNO3. The zero-order chi connectivity index (χ0) is 12.2. The van der Waals surface area contributed by atoms with Crippen LogP contribution in [0.2, 0.25) is 5.02 Å². The van der Waals surface area contributed by atoms with Crippen molar-refractivity contribution in [1.82, 2.24) is 4.98 Å². The van der Waals surface area contributed by atoms with Gasteiger partial charge in [-0.05, 0) is 18.2 Å². The lowest BCUT2D eigenvalue weighted by Gasteiger charge is -1.97. The van der Waals surface area contributed by atoms with Crippen molar-refractivity contribution in [3.05, 3.63) is 29.3 Å². The van der Waals surface area contributed by atoms with Crippen LogP contribution in [0, 0.1) is 0 Å². The van der Waals surface area contributed by atoms with Crippen LogP contribution in [-0.2, 0) is 0 Å². The summed E-state index contributed by atoms with van der Waals surface area (Å²) in [6, 6.07) is 6.39. The van der Waals surface area contributed by atoms with E-state index in [1.165, 1.54) is 6.07 Å². The topological polar surface area (TPSA) is 76.5 Å². The predicted molar refractivity (Wildman–Crippen MR) is 65.8 cm³/mol. The number of phenols is 3. The van der Waals surface area contributed by atoms with E-state index in [9.17, 15) is 15.3 Å². The van der Waals surface area contributed by atoms with Crippen LogP contribution in [0.15, 0.2) is 24.3 Å². The van der Waals surface area contributed by atoms with Crippen LogP contribution >= 0.6 is 11.6 Å². The summed E-state index contributed by atoms with van der Waals surface area (Å²) in [5.41, 5.74) is 0.811. The highest BCUT2D eigenvalue weighted by atomic mass is 35.5. The van der Waals surface area contributed by atoms with Crippen LogP contribution in [0.1, 0.15) is 0 Å². The maximum atomic E-state index is 9.81. The van der Waals surface area contributed by atoms with Gasteiger partial charge in [-0.2, -0.15) is 0 Å². The molecule has 0 aliphatic rings. The molecule has 4 nitrogen and oxygen atoms in total. The monoisotopic (exact) mass is 249 g/mol. The Bertz CT molecular complexity index is 686. The van der Waals surface area contributed by atoms with Crippen LogP contribution in [-0.4, -0.2) is 20.3 Å². The minimum absolute atomic E-state index is 0.0701. The van der Waals surface area contributed by atoms with E-state index in [1.807, 2.05) is 0 Å². The first-order valence-electron chi connectivity index (χ1n) is 4.93. The summed E-state index contributed by atoms with van der Waals surface area (Å²) in [6.45, 7) is 0. The molecule has 0 fully saturated rings. The molecule has 1 aromatic heterocycles. The summed E-state index contributed by atoms with van der Waals surface area (Å²) in [7, 11) is 0. The maximum absolute atomic E-state index is 9.81. The Labute approximate surface area is 101 Å². The third-order valence-electron chi connectivity index (χ3n) is 2.83. The standard InChI is InChI=1S/C12H8ClNO3/c13-7-3-1-5-6-2-4-8(15)12(17)10(6)14-9(5)11(7)16/h1-4,14-17H. The fourth-order valence-corrected chi connectivity index (χ4v) is 2.13. The number of benzene rings is 2. The van der Waals surface area contributed by atoms with E-state index in [2.05, 4.69) is 4.98 Å². The Hall–Kier alpha value is -2.07. The zero-order valence-electron chi connectivity index (χ0n) is 8.53. The van der Waals surface area contributed by atoms with Crippen molar-refractivity contribution in [2.45, 2.75) is 0 Å². The zero-order valence-corrected chi connectivity index (χ0v) is 9.28. The molecular weight excluding hydrogens is 242 g/mol. The average Bonchev–Trinajstić information content (AvgIpc) is 2.69. The molecule has 3 aromatic rings. The molecule has 0 radical (unpaired) electrons. The molecule has 5 heteroatoms. The molecule has 2 aromatic carbocycles. The van der Waals surface area contributed by atoms with E-state index < -0.39 is 0 Å². The summed E-state index contributed by atoms with van der Waals surface area (Å²) in [6.07, 6.45) is 0. The Balaban J connectivity index is 2.58. The molecule has 0 amide bonds. The maximum Gasteiger partial charge on any atom is 0.182 e. The van der Waals surface area contributed by atoms with Gasteiger partial charge in [-0.25, -0.2) is 0 Å². The van der Waals surface area contributed by atoms with Crippen molar-refractivity contribution in [2.75, 3.05) is 0 Å². The molecule has 4 N–H and O–H groups in total. The molecule has 0 bridgehead atoms. The second kappa shape index (κ2) is 3.21. The minimum atomic E-state index is -0.241. The molecule has 3 rings (SSSR count). The molecule has 17 heavy (non-hydrogen) atoms. The van der Waals surface area contributed by atoms with Gasteiger partial charge in [0.05, 0.1) is 16.1 Å². The highest BCUT2D eigenvalue weighted by Crippen LogP contribution is 2.41. The normalized spacial score (nSPS) is 11.4. The Morgan fingerprint density at radius 3 is 2.12 bits per heavy atom. The van der Waals surface area contributed by atoms with Gasteiger partial charge in [0.2, 0.25) is 0 Å². The van der Waals surface area contributed by atoms with E-state index in [0.29, 0.717) is 16.4 Å². The van der Waals surface area contributed by atoms with E-state index in [4.69, 9.17) is 11.6 Å². The predicted octanol–water partition coefficient (Wildman–Crippen LogP) is 3.09. The first-order chi connectivity index (χ1) is 8.09. The van der Waals surface area contributed by atoms with Crippen molar-refractivity contribution in [3.63, 3.8) is 0 Å². The fourth-order valence-electron chi connectivity index (χ4n) is 1.97. The molecule has 0 aliphatic heterocycles. The first kappa shape index (κ1) is 10.1. The van der Waals surface area contributed by atoms with Gasteiger partial charge in [0, 0.05) is 10.8 Å². The number of phenolic OH excluding ortho intramolecular Hbond substituents is 3. The van der Waals surface area contributed by atoms with Crippen LogP contribution in [0.3, 0.4) is 0 Å². The van der Waals surface area contributed by atoms with E-state index in [-0.39, 0.29) is 22.3 Å². The molecule has 0 spiro atoms. The van der Waals surface area contributed by atoms with Gasteiger partial charge >= 0.3 is 0 Å². The van der Waals surface area contributed by atoms with Gasteiger partial charge in [0.15, 0.2) is 17.2 Å². The summed E-state index contributed by atoms with van der Waals surface area (Å²) in [5.74, 6) is -0.525. The van der Waals surface area contributed by atoms with E-state index in [0.717, 1.165) is 5.39 Å². The van der Waals surface area contributed by atoms with Crippen molar-refractivity contribution < 1.29 is 15.3 Å². The van der Waals surface area contributed by atoms with Gasteiger partial charge in [-0.1, -0.05) is 17.7 Å². The summed E-state index contributed by atoms with van der Waals surface area (Å²) >= 11 is 5.80. The number of rotatable bonds is 0. The van der Waals surface area contributed by atoms with Gasteiger partial charge in [0.1, 0.15) is 0 Å². The third-order valence-corrected chi connectivity index (χ3v) is 3.13. The Morgan fingerprint density at radius 2 is 1.41 bits per heavy atom. The van der Waals surface area contributed by atoms with Gasteiger partial charge in [0.25, 0.3) is 0 Å². The second-order valence-electron chi connectivity index (χ2n) is 3.80. The number of aromatic hydroxyl groups is 3. The highest BCUT2D eigenvalue weighted by molar-refractivity contribution is 6.33. The van der Waals surface area contributed by atoms with Crippen LogP contribution < -0.4 is 0 Å². The lowest BCUT2D eigenvalue weighted by molar-refractivity contribution is 0.407. The largest absolute Gasteiger partial charge is 0.504 e. The number of nitrogens with one attached hydrogen (secondary N) is 1. The van der Waals surface area contributed by atoms with E-state index in [1.54, 1.807) is 18.2 Å². The average molecular weight is 250 g/mol. The van der Waals surface area contributed by atoms with Crippen molar-refractivity contribution >= 4 is 33.4 Å². The van der Waals surface area contributed by atoms with Gasteiger partial charge < -0.3 is 20.3 Å². The summed E-state index contributed by atoms with van der Waals surface area (Å²) in [5, 5.41) is 30.6. The molecule has 86 valence electrons. The number of H-pyrrole nitrogens is 1. The quantitative estimate of drug-likeness (QED) is 0.463. The minimum Gasteiger partial charge on any atom is -0.504 e. The summed E-state index contributed by atoms with van der Waals surface area (Å²) in [4.78, 5) is 2.85. The van der Waals surface area contributed by atoms with Crippen molar-refractivity contribution in [2.24, 2.45) is 0 Å². The molecule has 0 atom stereocenters. The Morgan fingerprint density at radius 1 is 0.824 bits per heavy atom. The van der Waals surface area contributed by atoms with Gasteiger partial charge in [-0.3, -0.25) is 0 Å². The lowest BCUT2D eigenvalue weighted by atomic mass is 10.1. The summed E-state index contributed by atoms with van der Waals surface area (Å²) < 4.78 is 0. The number of halogens is 1. The van der Waals surface area contributed by atoms with Crippen LogP contribution in [0.5, 0.6) is 17.2 Å². The Kier molecular flexibility index (Phi) is 1.91. The lowest BCUT2D eigenvalue weighted by Crippen LogP contribution is -1.72. The van der Waals surface area contributed by atoms with Crippen molar-refractivity contribution in [1.29, 1.82) is 0 Å². The number of aromatic nitrogens is 1. The number of fused-ring (bicyclic) bond motifs is 3. The van der Waals surface area contributed by atoms with Crippen LogP contribution in [0.4, 0.5) is 0 Å². The number of aromatic amines is 1. The first-order valence-corrected chi connectivity index (χ1v) is 5.31. The fraction of sp³-hybridized carbons (Fsp3) is 0. The number of hydrogen-bond acceptors (Lipinski definition) is 3. The SMILES string of the molecule is Oc1ccc2c([nH]c3c(O)c(Cl)ccc32)c1O. The van der Waals surface area contributed by atoms with Crippen molar-refractivity contribution in [3.8, 4) is 17.2 Å². The smallest absolute Gasteiger partial charge is 0.182 e. The molecule has 0 saturated carbocycles. The third kappa shape index (κ3) is 1.24. The van der Waals surface area contributed by atoms with Crippen LogP contribution in [0.25, 0.3) is 21.8 Å². The highest BCUT2D eigenvalue weighted by Gasteiger charge is 2.14. The van der Waals surface area contributed by atoms with Gasteiger partial charge in [-0.15, -0.1) is 0 Å². The molecule has 1 heterocycles. The molecule has 0 saturated heterocycles. The molecule has 0 aliphatic carbocycles.